The molecular formula is C17H26BNO4. The van der Waals surface area contributed by atoms with Crippen molar-refractivity contribution in [1.82, 2.24) is 4.90 Å². The van der Waals surface area contributed by atoms with Crippen LogP contribution in [-0.4, -0.2) is 41.0 Å². The third-order valence-corrected chi connectivity index (χ3v) is 4.97. The van der Waals surface area contributed by atoms with E-state index in [1.165, 1.54) is 4.90 Å². The van der Waals surface area contributed by atoms with Crippen molar-refractivity contribution in [2.45, 2.75) is 58.8 Å². The Hall–Kier alpha value is -1.53. The molecule has 1 aromatic rings. The van der Waals surface area contributed by atoms with Crippen LogP contribution < -0.4 is 5.46 Å². The number of hydrogen-bond acceptors (Lipinski definition) is 3. The van der Waals surface area contributed by atoms with E-state index in [4.69, 9.17) is 9.31 Å². The Morgan fingerprint density at radius 3 is 2.30 bits per heavy atom. The Balaban J connectivity index is 2.26. The maximum atomic E-state index is 11.3. The normalized spacial score (nSPS) is 20.3. The van der Waals surface area contributed by atoms with Crippen molar-refractivity contribution in [1.29, 1.82) is 0 Å². The van der Waals surface area contributed by atoms with Gasteiger partial charge in [-0.05, 0) is 52.6 Å². The van der Waals surface area contributed by atoms with E-state index in [1.54, 1.807) is 0 Å². The highest BCUT2D eigenvalue weighted by Crippen LogP contribution is 2.36. The number of amides is 1. The number of hydrogen-bond donors (Lipinski definition) is 1. The molecule has 1 N–H and O–H groups in total. The topological polar surface area (TPSA) is 59.0 Å². The molecule has 0 spiro atoms. The molecule has 1 heterocycles. The van der Waals surface area contributed by atoms with Gasteiger partial charge in [0.15, 0.2) is 0 Å². The van der Waals surface area contributed by atoms with Crippen LogP contribution in [0, 0.1) is 0 Å². The first-order valence-corrected chi connectivity index (χ1v) is 8.04. The lowest BCUT2D eigenvalue weighted by Gasteiger charge is -2.32. The van der Waals surface area contributed by atoms with Crippen LogP contribution in [0.3, 0.4) is 0 Å². The summed E-state index contributed by atoms with van der Waals surface area (Å²) in [7, 11) is -0.438. The van der Waals surface area contributed by atoms with E-state index in [0.29, 0.717) is 6.54 Å². The zero-order valence-electron chi connectivity index (χ0n) is 14.8. The minimum Gasteiger partial charge on any atom is -0.465 e. The quantitative estimate of drug-likeness (QED) is 0.867. The summed E-state index contributed by atoms with van der Waals surface area (Å²) in [5.74, 6) is 0. The number of benzene rings is 1. The van der Waals surface area contributed by atoms with Gasteiger partial charge < -0.3 is 19.3 Å². The summed E-state index contributed by atoms with van der Waals surface area (Å²) >= 11 is 0. The van der Waals surface area contributed by atoms with Gasteiger partial charge in [-0.2, -0.15) is 0 Å². The predicted octanol–water partition coefficient (Wildman–Crippen LogP) is 3.05. The molecule has 0 radical (unpaired) electrons. The van der Waals surface area contributed by atoms with Crippen LogP contribution in [0.5, 0.6) is 0 Å². The van der Waals surface area contributed by atoms with Gasteiger partial charge in [0.05, 0.1) is 17.2 Å². The van der Waals surface area contributed by atoms with Gasteiger partial charge in [0, 0.05) is 6.54 Å². The lowest BCUT2D eigenvalue weighted by Crippen LogP contribution is -2.41. The summed E-state index contributed by atoms with van der Waals surface area (Å²) in [5.41, 5.74) is 1.06. The van der Waals surface area contributed by atoms with Crippen molar-refractivity contribution < 1.29 is 19.2 Å². The SMILES string of the molecule is CCN(C(=O)O)[C@H](C)c1cccc(B2OC(C)(C)C(C)(C)O2)c1. The molecule has 23 heavy (non-hydrogen) atoms. The maximum absolute atomic E-state index is 11.3. The van der Waals surface area contributed by atoms with E-state index in [-0.39, 0.29) is 6.04 Å². The van der Waals surface area contributed by atoms with Gasteiger partial charge in [-0.15, -0.1) is 0 Å². The third kappa shape index (κ3) is 3.38. The van der Waals surface area contributed by atoms with Gasteiger partial charge in [-0.25, -0.2) is 4.79 Å². The highest BCUT2D eigenvalue weighted by molar-refractivity contribution is 6.62. The van der Waals surface area contributed by atoms with E-state index >= 15 is 0 Å². The third-order valence-electron chi connectivity index (χ3n) is 4.97. The maximum Gasteiger partial charge on any atom is 0.494 e. The van der Waals surface area contributed by atoms with E-state index in [9.17, 15) is 9.90 Å². The van der Waals surface area contributed by atoms with Crippen molar-refractivity contribution in [3.8, 4) is 0 Å². The van der Waals surface area contributed by atoms with Crippen LogP contribution >= 0.6 is 0 Å². The molecular weight excluding hydrogens is 293 g/mol. The van der Waals surface area contributed by atoms with Gasteiger partial charge in [0.1, 0.15) is 0 Å². The second kappa shape index (κ2) is 6.17. The Bertz CT molecular complexity index is 572. The molecule has 1 aromatic carbocycles. The van der Waals surface area contributed by atoms with Crippen molar-refractivity contribution >= 4 is 18.7 Å². The van der Waals surface area contributed by atoms with Gasteiger partial charge >= 0.3 is 13.2 Å². The van der Waals surface area contributed by atoms with Gasteiger partial charge in [-0.1, -0.05) is 24.3 Å². The van der Waals surface area contributed by atoms with E-state index in [2.05, 4.69) is 0 Å². The van der Waals surface area contributed by atoms with Gasteiger partial charge in [0.25, 0.3) is 0 Å². The minimum atomic E-state index is -0.916. The summed E-state index contributed by atoms with van der Waals surface area (Å²) < 4.78 is 12.1. The first-order valence-electron chi connectivity index (χ1n) is 8.04. The summed E-state index contributed by atoms with van der Waals surface area (Å²) in [5, 5.41) is 9.30. The number of rotatable bonds is 4. The van der Waals surface area contributed by atoms with Crippen molar-refractivity contribution in [3.63, 3.8) is 0 Å². The lowest BCUT2D eigenvalue weighted by atomic mass is 9.78. The van der Waals surface area contributed by atoms with Crippen LogP contribution in [0.4, 0.5) is 4.79 Å². The van der Waals surface area contributed by atoms with Crippen LogP contribution in [0.1, 0.15) is 53.1 Å². The Labute approximate surface area is 138 Å². The predicted molar refractivity (Wildman–Crippen MR) is 91.0 cm³/mol. The van der Waals surface area contributed by atoms with Crippen LogP contribution in [0.25, 0.3) is 0 Å². The summed E-state index contributed by atoms with van der Waals surface area (Å²) in [6, 6.07) is 7.56. The van der Waals surface area contributed by atoms with Gasteiger partial charge in [-0.3, -0.25) is 0 Å². The largest absolute Gasteiger partial charge is 0.494 e. The van der Waals surface area contributed by atoms with E-state index < -0.39 is 24.4 Å². The highest BCUT2D eigenvalue weighted by atomic mass is 16.7. The minimum absolute atomic E-state index is 0.222. The average Bonchev–Trinajstić information content (AvgIpc) is 2.68. The second-order valence-corrected chi connectivity index (χ2v) is 7.00. The molecule has 0 saturated carbocycles. The summed E-state index contributed by atoms with van der Waals surface area (Å²) in [6.07, 6.45) is -0.916. The molecule has 1 amide bonds. The van der Waals surface area contributed by atoms with Gasteiger partial charge in [0.2, 0.25) is 0 Å². The fraction of sp³-hybridized carbons (Fsp3) is 0.588. The summed E-state index contributed by atoms with van der Waals surface area (Å²) in [6.45, 7) is 12.2. The van der Waals surface area contributed by atoms with Crippen LogP contribution in [0.2, 0.25) is 0 Å². The van der Waals surface area contributed by atoms with Crippen LogP contribution in [-0.2, 0) is 9.31 Å². The van der Waals surface area contributed by atoms with E-state index in [0.717, 1.165) is 11.0 Å². The molecule has 0 unspecified atom stereocenters. The molecule has 1 fully saturated rings. The molecule has 0 aromatic heterocycles. The highest BCUT2D eigenvalue weighted by Gasteiger charge is 2.51. The molecule has 126 valence electrons. The first kappa shape index (κ1) is 17.8. The van der Waals surface area contributed by atoms with Crippen molar-refractivity contribution in [2.24, 2.45) is 0 Å². The monoisotopic (exact) mass is 319 g/mol. The molecule has 2 rings (SSSR count). The second-order valence-electron chi connectivity index (χ2n) is 7.00. The first-order chi connectivity index (χ1) is 10.6. The standard InChI is InChI=1S/C17H26BNO4/c1-7-19(15(20)21)12(2)13-9-8-10-14(11-13)18-22-16(3,4)17(5,6)23-18/h8-12H,7H2,1-6H3,(H,20,21)/t12-/m1/s1. The van der Waals surface area contributed by atoms with Crippen molar-refractivity contribution in [3.05, 3.63) is 29.8 Å². The molecule has 0 aliphatic carbocycles. The van der Waals surface area contributed by atoms with Crippen LogP contribution in [0.15, 0.2) is 24.3 Å². The average molecular weight is 319 g/mol. The summed E-state index contributed by atoms with van der Waals surface area (Å²) in [4.78, 5) is 12.7. The Morgan fingerprint density at radius 1 is 1.26 bits per heavy atom. The molecule has 0 bridgehead atoms. The zero-order chi connectivity index (χ0) is 17.4. The van der Waals surface area contributed by atoms with Crippen molar-refractivity contribution in [2.75, 3.05) is 6.54 Å². The Kier molecular flexibility index (Phi) is 4.78. The molecule has 1 aliphatic rings. The number of carboxylic acid groups (broad SMARTS) is 1. The molecule has 1 atom stereocenters. The molecule has 1 aliphatic heterocycles. The number of carbonyl (C=O) groups is 1. The zero-order valence-corrected chi connectivity index (χ0v) is 14.8. The number of nitrogens with zero attached hydrogens (tertiary/aromatic N) is 1. The lowest BCUT2D eigenvalue weighted by molar-refractivity contribution is 0.00578. The fourth-order valence-corrected chi connectivity index (χ4v) is 2.70. The molecule has 6 heteroatoms. The molecule has 5 nitrogen and oxygen atoms in total. The smallest absolute Gasteiger partial charge is 0.465 e. The fourth-order valence-electron chi connectivity index (χ4n) is 2.70. The van der Waals surface area contributed by atoms with E-state index in [1.807, 2.05) is 65.8 Å². The molecule has 1 saturated heterocycles. The Morgan fingerprint density at radius 2 is 1.83 bits per heavy atom.